The second kappa shape index (κ2) is 51.0. The monoisotopic (exact) mass is 2090 g/mol. The Hall–Kier alpha value is -4.32. The van der Waals surface area contributed by atoms with Crippen LogP contribution in [0.25, 0.3) is 0 Å². The van der Waals surface area contributed by atoms with Gasteiger partial charge in [0.2, 0.25) is 23.6 Å². The first-order valence-electron chi connectivity index (χ1n) is 45.9. The number of carbonyl (C=O) groups excluding carboxylic acids is 4. The molecule has 0 aromatic carbocycles. The van der Waals surface area contributed by atoms with Gasteiger partial charge in [-0.1, -0.05) is 0 Å². The van der Waals surface area contributed by atoms with Gasteiger partial charge in [-0.05, 0) is 13.8 Å². The summed E-state index contributed by atoms with van der Waals surface area (Å²) in [6, 6.07) is -8.16. The van der Waals surface area contributed by atoms with Crippen LogP contribution in [0.15, 0.2) is 0 Å². The second-order valence-corrected chi connectivity index (χ2v) is 36.6. The molecule has 60 atom stereocenters. The van der Waals surface area contributed by atoms with Crippen molar-refractivity contribution in [2.75, 3.05) is 66.1 Å². The molecule has 63 nitrogen and oxygen atoms in total. The van der Waals surface area contributed by atoms with E-state index >= 15 is 0 Å². The number of rotatable bonds is 36. The maximum absolute atomic E-state index is 13.5. The Kier molecular flexibility index (Phi) is 41.8. The van der Waals surface area contributed by atoms with Gasteiger partial charge in [0.1, 0.15) is 281 Å². The Bertz CT molecular complexity index is 3960. The minimum Gasteiger partial charge on any atom is -0.394 e. The van der Waals surface area contributed by atoms with Gasteiger partial charge in [0.05, 0.1) is 78.3 Å². The fourth-order valence-corrected chi connectivity index (χ4v) is 18.7. The fourth-order valence-electron chi connectivity index (χ4n) is 18.7. The first-order valence-corrected chi connectivity index (χ1v) is 45.9. The highest BCUT2D eigenvalue weighted by Gasteiger charge is 2.64. The summed E-state index contributed by atoms with van der Waals surface area (Å²) in [6.45, 7) is -5.56. The number of hydrogen-bond acceptors (Lipinski definition) is 59. The predicted molar refractivity (Wildman–Crippen MR) is 439 cm³/mol. The lowest BCUT2D eigenvalue weighted by Gasteiger charge is -2.51. The maximum Gasteiger partial charge on any atom is 0.217 e. The molecule has 12 rings (SSSR count). The third kappa shape index (κ3) is 25.8. The molecule has 0 radical (unpaired) electrons. The van der Waals surface area contributed by atoms with Crippen LogP contribution < -0.4 is 21.3 Å². The Balaban J connectivity index is 0.863. The van der Waals surface area contributed by atoms with Crippen molar-refractivity contribution in [3.8, 4) is 0 Å². The molecule has 12 aliphatic heterocycles. The first kappa shape index (κ1) is 117. The average Bonchev–Trinajstić information content (AvgIpc) is 0.763. The van der Waals surface area contributed by atoms with Crippen molar-refractivity contribution in [1.82, 2.24) is 21.3 Å². The van der Waals surface area contributed by atoms with Crippen molar-refractivity contribution < 1.29 is 292 Å². The van der Waals surface area contributed by atoms with Crippen LogP contribution in [0.1, 0.15) is 41.5 Å². The van der Waals surface area contributed by atoms with Crippen molar-refractivity contribution >= 4 is 23.6 Å². The quantitative estimate of drug-likeness (QED) is 0.0277. The molecule has 143 heavy (non-hydrogen) atoms. The van der Waals surface area contributed by atoms with Crippen molar-refractivity contribution in [1.29, 1.82) is 0 Å². The highest BCUT2D eigenvalue weighted by atomic mass is 16.8. The van der Waals surface area contributed by atoms with Crippen LogP contribution in [0.5, 0.6) is 0 Å². The van der Waals surface area contributed by atoms with Gasteiger partial charge < -0.3 is 294 Å². The summed E-state index contributed by atoms with van der Waals surface area (Å²) < 4.78 is 138. The number of amides is 4. The number of carbonyl (C=O) groups is 4. The number of ether oxygens (including phenoxy) is 23. The van der Waals surface area contributed by atoms with Crippen LogP contribution in [0, 0.1) is 0 Å². The van der Waals surface area contributed by atoms with Gasteiger partial charge >= 0.3 is 0 Å². The largest absolute Gasteiger partial charge is 0.394 e. The summed E-state index contributed by atoms with van der Waals surface area (Å²) in [4.78, 5) is 53.7. The minimum atomic E-state index is -2.61. The van der Waals surface area contributed by atoms with Gasteiger partial charge in [-0.3, -0.25) is 19.2 Å². The Labute approximate surface area is 809 Å². The molecule has 4 amide bonds. The maximum atomic E-state index is 13.5. The van der Waals surface area contributed by atoms with E-state index in [-0.39, 0.29) is 0 Å². The fraction of sp³-hybridized carbons (Fsp3) is 0.950. The molecular weight excluding hydrogens is 1960 g/mol. The number of aliphatic hydroxyl groups is 32. The van der Waals surface area contributed by atoms with Gasteiger partial charge in [0, 0.05) is 27.7 Å². The van der Waals surface area contributed by atoms with Crippen molar-refractivity contribution in [2.45, 2.75) is 410 Å². The Morgan fingerprint density at radius 3 is 0.846 bits per heavy atom. The molecule has 0 aromatic heterocycles. The molecule has 12 heterocycles. The van der Waals surface area contributed by atoms with E-state index in [1.54, 1.807) is 0 Å². The minimum absolute atomic E-state index is 0.879. The smallest absolute Gasteiger partial charge is 0.217 e. The molecule has 63 heteroatoms. The summed E-state index contributed by atoms with van der Waals surface area (Å²) >= 11 is 0. The second-order valence-electron chi connectivity index (χ2n) is 36.6. The molecule has 0 spiro atoms. The average molecular weight is 2100 g/mol. The van der Waals surface area contributed by atoms with Gasteiger partial charge in [-0.15, -0.1) is 0 Å². The first-order chi connectivity index (χ1) is 67.6. The van der Waals surface area contributed by atoms with Crippen LogP contribution in [0.4, 0.5) is 0 Å². The van der Waals surface area contributed by atoms with Crippen LogP contribution in [-0.4, -0.2) is 621 Å². The van der Waals surface area contributed by atoms with E-state index in [1.165, 1.54) is 13.8 Å². The summed E-state index contributed by atoms with van der Waals surface area (Å²) in [5.74, 6) is -4.09. The van der Waals surface area contributed by atoms with Crippen LogP contribution in [-0.2, 0) is 128 Å². The molecule has 36 N–H and O–H groups in total. The summed E-state index contributed by atoms with van der Waals surface area (Å²) in [5, 5.41) is 368. The third-order valence-corrected chi connectivity index (χ3v) is 26.6. The molecular formula is C80H134N4O59. The number of nitrogens with one attached hydrogen (secondary N) is 4. The molecule has 828 valence electrons. The van der Waals surface area contributed by atoms with Crippen molar-refractivity contribution in [3.63, 3.8) is 0 Å². The molecule has 1 unspecified atom stereocenters. The zero-order valence-corrected chi connectivity index (χ0v) is 77.0. The molecule has 0 bridgehead atoms. The molecule has 0 aliphatic carbocycles. The SMILES string of the molecule is CC(=O)N[C@H]1[C@H](O[C@H]2[C@@H](O)[C@@H](CO[C@@H]3O[C@H](CO)[C@@H](O[C@@H]4O[C@H](CO)[C@H](O)[C@H](O)[C@H]4O)[C@H](O[C@@H]4O[C@@H](C)[C@@H](O)[C@@H](O)[C@@H]4O)[C@H]3NC(C)=O)O[C@@H](O[C@H]3[C@H](O)[C@@H](NC(C)=O)[C@H](OC[C@H]4O[C@@H](O[C@H]5[C@H](O)[C@@H](O)C(O)O[C@@H]5CO)[C@H](O)[C@@H](O[C@@H]5O[C@H](CO)[C@@H](O)[C@H](O[C@@H]6O[C@H](CO)[C@H](O)[C@H](O)[C@H]6O[C@@H]6O[C@@H](C)[C@@H](O)[C@@H](O)[C@@H]6O)[C@H]5NC(C)=O)[C@H]4O)O[C@@H]3CO)[C@@H]2O)O[C@H](CO)[C@@H](O[C@@H]2O[C@H](CO)[C@H](O)[C@H](O)[C@H]2O)[C@@H]1O. The van der Waals surface area contributed by atoms with E-state index < -0.39 is 458 Å². The lowest BCUT2D eigenvalue weighted by Crippen LogP contribution is -2.71. The van der Waals surface area contributed by atoms with E-state index in [9.17, 15) is 183 Å². The third-order valence-electron chi connectivity index (χ3n) is 26.6. The highest BCUT2D eigenvalue weighted by molar-refractivity contribution is 5.74. The zero-order chi connectivity index (χ0) is 105. The van der Waals surface area contributed by atoms with Gasteiger partial charge in [-0.2, -0.15) is 0 Å². The van der Waals surface area contributed by atoms with E-state index in [0.717, 1.165) is 27.7 Å². The van der Waals surface area contributed by atoms with Gasteiger partial charge in [0.15, 0.2) is 75.5 Å². The predicted octanol–water partition coefficient (Wildman–Crippen LogP) is -24.5. The molecule has 12 saturated heterocycles. The zero-order valence-electron chi connectivity index (χ0n) is 77.0. The van der Waals surface area contributed by atoms with Crippen molar-refractivity contribution in [3.05, 3.63) is 0 Å². The number of aliphatic hydroxyl groups excluding tert-OH is 32. The topological polar surface area (TPSA) is 976 Å². The lowest BCUT2D eigenvalue weighted by atomic mass is 9.93. The Morgan fingerprint density at radius 1 is 0.196 bits per heavy atom. The van der Waals surface area contributed by atoms with E-state index in [0.29, 0.717) is 0 Å². The van der Waals surface area contributed by atoms with Gasteiger partial charge in [0.25, 0.3) is 0 Å². The van der Waals surface area contributed by atoms with Crippen LogP contribution in [0.2, 0.25) is 0 Å². The van der Waals surface area contributed by atoms with E-state index in [1.807, 2.05) is 0 Å². The molecule has 12 fully saturated rings. The normalized spacial score (nSPS) is 50.7. The molecule has 0 aromatic rings. The lowest BCUT2D eigenvalue weighted by molar-refractivity contribution is -0.392. The van der Waals surface area contributed by atoms with E-state index in [2.05, 4.69) is 21.3 Å². The van der Waals surface area contributed by atoms with Crippen LogP contribution in [0.3, 0.4) is 0 Å². The Morgan fingerprint density at radius 2 is 0.441 bits per heavy atom. The van der Waals surface area contributed by atoms with Gasteiger partial charge in [-0.25, -0.2) is 0 Å². The number of hydrogen-bond donors (Lipinski definition) is 36. The van der Waals surface area contributed by atoms with Crippen molar-refractivity contribution in [2.24, 2.45) is 0 Å². The summed E-state index contributed by atoms with van der Waals surface area (Å²) in [5.41, 5.74) is 0. The molecule has 12 aliphatic rings. The molecule has 0 saturated carbocycles. The standard InChI is InChI=1S/C80H134N4O59/c1-17-37(97)47(107)54(114)74(123-17)140-65-36(84-22(6)96)71(131-30(14-92)63(65)138-77-57(117)50(110)40(100)24(8-86)128-77)122-16-32-43(103)66(141-72-34(82-20(4)94)46(106)61(29(13-91)132-72)135-76-56(116)49(109)39(99)23(7-85)127-76)58(118)78(133-32)136-60-28(12-90)130-70(33(45(60)105)81-19(3)93)121-15-31-44(104)67(59(119)79(134-31)137-62-27(11-89)125-69(120)53(113)52(62)112)142-73-35(83-21(5)95)64(42(102)26(10-88)126-73)139-80-68(51(111)41(101)25(9-87)129-80)143-75-55(115)48(108)38(98)18(2)124-75/h17-18,23-80,85-92,97-120H,7-16H2,1-6H3,(H,81,93)(H,82,94)(H,83,95)(H,84,96)/t17-,18-,23+,24+,25+,26+,27+,28+,29+,30+,31+,32+,33+,34+,35+,36+,37+,38+,39-,40-,41-,42+,43-,44-,45+,46+,47+,48+,49-,50-,51-,52+,53+,54-,55-,56+,57+,58+,59+,60+,61+,62+,63+,64+,65+,66-,67-,68+,69?,70+,71+,72-,73-,74-,75-,76-,77-,78-,79-,80-/m0/s1. The van der Waals surface area contributed by atoms with E-state index in [4.69, 9.17) is 109 Å². The highest BCUT2D eigenvalue weighted by Crippen LogP contribution is 2.43. The summed E-state index contributed by atoms with van der Waals surface area (Å²) in [6.07, 6.45) is -118. The summed E-state index contributed by atoms with van der Waals surface area (Å²) in [7, 11) is 0. The van der Waals surface area contributed by atoms with Crippen LogP contribution >= 0.6 is 0 Å².